The maximum atomic E-state index is 13.3. The SMILES string of the molecule is COc1ccc(C(=O)N[C@@H](CNS(=O)(=O)c2cccc3ccccc23)CN2[C@H](C)CCC[C@@H]2C)cc1. The van der Waals surface area contributed by atoms with Crippen LogP contribution in [0.2, 0.25) is 0 Å². The Hall–Kier alpha value is -2.94. The molecule has 0 spiro atoms. The predicted molar refractivity (Wildman–Crippen MR) is 143 cm³/mol. The van der Waals surface area contributed by atoms with Crippen LogP contribution in [0.15, 0.2) is 71.6 Å². The lowest BCUT2D eigenvalue weighted by Gasteiger charge is -2.41. The van der Waals surface area contributed by atoms with Crippen LogP contribution in [-0.2, 0) is 10.0 Å². The van der Waals surface area contributed by atoms with E-state index in [-0.39, 0.29) is 17.3 Å². The lowest BCUT2D eigenvalue weighted by atomic mass is 9.97. The Bertz CT molecular complexity index is 1280. The van der Waals surface area contributed by atoms with Crippen LogP contribution in [0, 0.1) is 0 Å². The van der Waals surface area contributed by atoms with E-state index in [9.17, 15) is 13.2 Å². The molecule has 2 N–H and O–H groups in total. The number of carbonyl (C=O) groups excluding carboxylic acids is 1. The molecule has 1 saturated heterocycles. The largest absolute Gasteiger partial charge is 0.497 e. The van der Waals surface area contributed by atoms with Crippen molar-refractivity contribution >= 4 is 26.7 Å². The van der Waals surface area contributed by atoms with Crippen LogP contribution in [0.1, 0.15) is 43.5 Å². The standard InChI is InChI=1S/C28H35N3O4S/c1-20-8-6-9-21(2)31(20)19-24(30-28(32)23-14-16-25(35-3)17-15-23)18-29-36(33,34)27-13-7-11-22-10-4-5-12-26(22)27/h4-5,7,10-17,20-21,24,29H,6,8-9,18-19H2,1-3H3,(H,30,32)/t20-,21+,24-/m0/s1. The Morgan fingerprint density at radius 2 is 1.67 bits per heavy atom. The first-order chi connectivity index (χ1) is 17.3. The van der Waals surface area contributed by atoms with E-state index in [1.54, 1.807) is 43.5 Å². The van der Waals surface area contributed by atoms with E-state index in [0.717, 1.165) is 18.2 Å². The maximum absolute atomic E-state index is 13.3. The van der Waals surface area contributed by atoms with E-state index in [4.69, 9.17) is 4.74 Å². The molecule has 0 aromatic heterocycles. The Morgan fingerprint density at radius 1 is 1.00 bits per heavy atom. The summed E-state index contributed by atoms with van der Waals surface area (Å²) in [5.41, 5.74) is 0.498. The molecule has 0 radical (unpaired) electrons. The fourth-order valence-corrected chi connectivity index (χ4v) is 6.29. The van der Waals surface area contributed by atoms with Gasteiger partial charge in [0.25, 0.3) is 5.91 Å². The minimum absolute atomic E-state index is 0.0867. The Labute approximate surface area is 213 Å². The molecule has 4 rings (SSSR count). The topological polar surface area (TPSA) is 87.7 Å². The maximum Gasteiger partial charge on any atom is 0.251 e. The molecular weight excluding hydrogens is 474 g/mol. The lowest BCUT2D eigenvalue weighted by molar-refractivity contribution is 0.0799. The number of nitrogens with zero attached hydrogens (tertiary/aromatic N) is 1. The number of nitrogens with one attached hydrogen (secondary N) is 2. The second kappa shape index (κ2) is 11.4. The highest BCUT2D eigenvalue weighted by Crippen LogP contribution is 2.24. The number of rotatable bonds is 9. The summed E-state index contributed by atoms with van der Waals surface area (Å²) >= 11 is 0. The van der Waals surface area contributed by atoms with Crippen molar-refractivity contribution < 1.29 is 17.9 Å². The number of methoxy groups -OCH3 is 1. The first-order valence-electron chi connectivity index (χ1n) is 12.5. The van der Waals surface area contributed by atoms with Crippen LogP contribution < -0.4 is 14.8 Å². The zero-order valence-corrected chi connectivity index (χ0v) is 21.9. The van der Waals surface area contributed by atoms with Crippen molar-refractivity contribution in [1.29, 1.82) is 0 Å². The first kappa shape index (κ1) is 26.1. The van der Waals surface area contributed by atoms with Crippen LogP contribution in [0.25, 0.3) is 10.8 Å². The van der Waals surface area contributed by atoms with Crippen LogP contribution in [-0.4, -0.2) is 57.5 Å². The molecule has 192 valence electrons. The number of fused-ring (bicyclic) bond motifs is 1. The molecule has 36 heavy (non-hydrogen) atoms. The molecular formula is C28H35N3O4S. The van der Waals surface area contributed by atoms with Gasteiger partial charge < -0.3 is 10.1 Å². The fourth-order valence-electron chi connectivity index (χ4n) is 4.98. The number of hydrogen-bond acceptors (Lipinski definition) is 5. The molecule has 1 aliphatic heterocycles. The van der Waals surface area contributed by atoms with Crippen LogP contribution in [0.4, 0.5) is 0 Å². The highest BCUT2D eigenvalue weighted by molar-refractivity contribution is 7.89. The highest BCUT2D eigenvalue weighted by Gasteiger charge is 2.29. The van der Waals surface area contributed by atoms with Crippen LogP contribution >= 0.6 is 0 Å². The normalized spacial score (nSPS) is 19.6. The number of piperidine rings is 1. The van der Waals surface area contributed by atoms with Gasteiger partial charge in [0, 0.05) is 36.1 Å². The zero-order chi connectivity index (χ0) is 25.7. The summed E-state index contributed by atoms with van der Waals surface area (Å²) in [6, 6.07) is 19.9. The molecule has 3 aromatic rings. The summed E-state index contributed by atoms with van der Waals surface area (Å²) in [5, 5.41) is 4.60. The molecule has 1 fully saturated rings. The van der Waals surface area contributed by atoms with E-state index in [2.05, 4.69) is 28.8 Å². The molecule has 3 aromatic carbocycles. The average Bonchev–Trinajstić information content (AvgIpc) is 2.89. The van der Waals surface area contributed by atoms with Gasteiger partial charge in [0.15, 0.2) is 0 Å². The summed E-state index contributed by atoms with van der Waals surface area (Å²) in [4.78, 5) is 15.7. The van der Waals surface area contributed by atoms with Crippen LogP contribution in [0.5, 0.6) is 5.75 Å². The Balaban J connectivity index is 1.54. The van der Waals surface area contributed by atoms with Crippen molar-refractivity contribution in [2.24, 2.45) is 0 Å². The number of carbonyl (C=O) groups is 1. The number of sulfonamides is 1. The molecule has 8 heteroatoms. The van der Waals surface area contributed by atoms with Gasteiger partial charge in [0.2, 0.25) is 10.0 Å². The van der Waals surface area contributed by atoms with E-state index < -0.39 is 16.1 Å². The van der Waals surface area contributed by atoms with Gasteiger partial charge >= 0.3 is 0 Å². The van der Waals surface area contributed by atoms with E-state index in [1.807, 2.05) is 30.3 Å². The number of ether oxygens (including phenoxy) is 1. The molecule has 1 heterocycles. The van der Waals surface area contributed by atoms with Crippen molar-refractivity contribution in [1.82, 2.24) is 14.9 Å². The molecule has 1 aliphatic rings. The van der Waals surface area contributed by atoms with Crippen molar-refractivity contribution in [3.8, 4) is 5.75 Å². The van der Waals surface area contributed by atoms with Gasteiger partial charge in [-0.25, -0.2) is 13.1 Å². The predicted octanol–water partition coefficient (Wildman–Crippen LogP) is 4.19. The van der Waals surface area contributed by atoms with Crippen molar-refractivity contribution in [2.75, 3.05) is 20.2 Å². The molecule has 0 saturated carbocycles. The minimum atomic E-state index is -3.80. The van der Waals surface area contributed by atoms with Gasteiger partial charge in [-0.15, -0.1) is 0 Å². The third kappa shape index (κ3) is 6.06. The quantitative estimate of drug-likeness (QED) is 0.452. The molecule has 7 nitrogen and oxygen atoms in total. The zero-order valence-electron chi connectivity index (χ0n) is 21.1. The van der Waals surface area contributed by atoms with Gasteiger partial charge in [-0.05, 0) is 62.4 Å². The summed E-state index contributed by atoms with van der Waals surface area (Å²) in [5.74, 6) is 0.422. The monoisotopic (exact) mass is 509 g/mol. The summed E-state index contributed by atoms with van der Waals surface area (Å²) < 4.78 is 34.7. The van der Waals surface area contributed by atoms with Crippen molar-refractivity contribution in [2.45, 2.75) is 56.1 Å². The number of amides is 1. The third-order valence-corrected chi connectivity index (χ3v) is 8.54. The number of hydrogen-bond donors (Lipinski definition) is 2. The van der Waals surface area contributed by atoms with Crippen molar-refractivity contribution in [3.63, 3.8) is 0 Å². The summed E-state index contributed by atoms with van der Waals surface area (Å²) in [6.07, 6.45) is 3.35. The van der Waals surface area contributed by atoms with E-state index in [0.29, 0.717) is 35.3 Å². The summed E-state index contributed by atoms with van der Waals surface area (Å²) in [6.45, 7) is 5.03. The first-order valence-corrected chi connectivity index (χ1v) is 13.9. The third-order valence-electron chi connectivity index (χ3n) is 7.05. The van der Waals surface area contributed by atoms with Gasteiger partial charge in [0.05, 0.1) is 18.0 Å². The van der Waals surface area contributed by atoms with Crippen LogP contribution in [0.3, 0.4) is 0 Å². The number of benzene rings is 3. The molecule has 3 atom stereocenters. The molecule has 0 aliphatic carbocycles. The minimum Gasteiger partial charge on any atom is -0.497 e. The van der Waals surface area contributed by atoms with Gasteiger partial charge in [0.1, 0.15) is 5.75 Å². The summed E-state index contributed by atoms with van der Waals surface area (Å²) in [7, 11) is -2.22. The van der Waals surface area contributed by atoms with Crippen molar-refractivity contribution in [3.05, 3.63) is 72.3 Å². The number of likely N-dealkylation sites (tertiary alicyclic amines) is 1. The lowest BCUT2D eigenvalue weighted by Crippen LogP contribution is -2.54. The van der Waals surface area contributed by atoms with E-state index in [1.165, 1.54) is 6.42 Å². The molecule has 0 unspecified atom stereocenters. The van der Waals surface area contributed by atoms with Gasteiger partial charge in [-0.3, -0.25) is 9.69 Å². The second-order valence-electron chi connectivity index (χ2n) is 9.55. The molecule has 1 amide bonds. The Kier molecular flexibility index (Phi) is 8.28. The smallest absolute Gasteiger partial charge is 0.251 e. The second-order valence-corrected chi connectivity index (χ2v) is 11.3. The van der Waals surface area contributed by atoms with Gasteiger partial charge in [-0.2, -0.15) is 0 Å². The highest BCUT2D eigenvalue weighted by atomic mass is 32.2. The fraction of sp³-hybridized carbons (Fsp3) is 0.393. The molecule has 0 bridgehead atoms. The Morgan fingerprint density at radius 3 is 2.36 bits per heavy atom. The average molecular weight is 510 g/mol. The van der Waals surface area contributed by atoms with E-state index >= 15 is 0 Å². The van der Waals surface area contributed by atoms with Gasteiger partial charge in [-0.1, -0.05) is 42.8 Å².